The number of H-pyrrole nitrogens is 1. The van der Waals surface area contributed by atoms with E-state index in [0.717, 1.165) is 27.7 Å². The van der Waals surface area contributed by atoms with Gasteiger partial charge in [0, 0.05) is 53.8 Å². The Balaban J connectivity index is 1.71. The molecule has 31 heavy (non-hydrogen) atoms. The number of nitrogens with one attached hydrogen (secondary N) is 3. The fraction of sp³-hybridized carbons (Fsp3) is 0.174. The molecule has 0 aromatic carbocycles. The molecule has 1 amide bonds. The number of amides is 1. The number of fused-ring (bicyclic) bond motifs is 1. The molecule has 0 radical (unpaired) electrons. The van der Waals surface area contributed by atoms with Crippen molar-refractivity contribution < 1.29 is 4.79 Å². The first-order valence-corrected chi connectivity index (χ1v) is 9.89. The van der Waals surface area contributed by atoms with Crippen LogP contribution in [0.2, 0.25) is 0 Å². The van der Waals surface area contributed by atoms with Gasteiger partial charge in [-0.2, -0.15) is 0 Å². The fourth-order valence-corrected chi connectivity index (χ4v) is 3.13. The van der Waals surface area contributed by atoms with Crippen molar-refractivity contribution in [2.24, 2.45) is 5.92 Å². The number of anilines is 2. The first kappa shape index (κ1) is 20.2. The Morgan fingerprint density at radius 2 is 1.90 bits per heavy atom. The maximum absolute atomic E-state index is 12.0. The molecule has 156 valence electrons. The predicted molar refractivity (Wildman–Crippen MR) is 123 cm³/mol. The van der Waals surface area contributed by atoms with E-state index >= 15 is 0 Å². The second kappa shape index (κ2) is 8.35. The van der Waals surface area contributed by atoms with Gasteiger partial charge < -0.3 is 15.6 Å². The predicted octanol–water partition coefficient (Wildman–Crippen LogP) is 4.11. The average Bonchev–Trinajstić information content (AvgIpc) is 3.22. The molecule has 4 heterocycles. The normalized spacial score (nSPS) is 11.0. The van der Waals surface area contributed by atoms with Gasteiger partial charge in [-0.15, -0.1) is 0 Å². The molecule has 4 aromatic heterocycles. The van der Waals surface area contributed by atoms with Crippen LogP contribution in [0.4, 0.5) is 11.5 Å². The van der Waals surface area contributed by atoms with Crippen molar-refractivity contribution >= 4 is 34.0 Å². The van der Waals surface area contributed by atoms with Crippen molar-refractivity contribution in [3.05, 3.63) is 67.2 Å². The number of hydrogen-bond donors (Lipinski definition) is 3. The summed E-state index contributed by atoms with van der Waals surface area (Å²) in [5.41, 5.74) is 5.49. The molecule has 0 aliphatic rings. The number of carbonyl (C=O) groups excluding carboxylic acids is 1. The van der Waals surface area contributed by atoms with Gasteiger partial charge in [0.25, 0.3) is 0 Å². The van der Waals surface area contributed by atoms with Crippen LogP contribution >= 0.6 is 0 Å². The SMILES string of the molecule is C=C(c1nc2ccncc2[nH]1)c1cc(-c2cncc(NC(=O)C(C)C)c2)cnc1NC. The lowest BCUT2D eigenvalue weighted by Crippen LogP contribution is -2.17. The van der Waals surface area contributed by atoms with Crippen LogP contribution in [0.1, 0.15) is 25.2 Å². The highest BCUT2D eigenvalue weighted by molar-refractivity contribution is 5.93. The summed E-state index contributed by atoms with van der Waals surface area (Å²) >= 11 is 0. The molecule has 0 atom stereocenters. The first-order chi connectivity index (χ1) is 15.0. The number of rotatable bonds is 6. The van der Waals surface area contributed by atoms with E-state index in [0.29, 0.717) is 22.9 Å². The molecule has 8 nitrogen and oxygen atoms in total. The summed E-state index contributed by atoms with van der Waals surface area (Å²) in [6.45, 7) is 7.94. The Bertz CT molecular complexity index is 1240. The van der Waals surface area contributed by atoms with Crippen molar-refractivity contribution in [1.29, 1.82) is 0 Å². The van der Waals surface area contributed by atoms with Gasteiger partial charge >= 0.3 is 0 Å². The van der Waals surface area contributed by atoms with Gasteiger partial charge in [0.15, 0.2) is 0 Å². The van der Waals surface area contributed by atoms with Crippen LogP contribution in [0.3, 0.4) is 0 Å². The second-order valence-electron chi connectivity index (χ2n) is 7.43. The van der Waals surface area contributed by atoms with E-state index < -0.39 is 0 Å². The Morgan fingerprint density at radius 3 is 2.65 bits per heavy atom. The van der Waals surface area contributed by atoms with Gasteiger partial charge in [-0.3, -0.25) is 14.8 Å². The second-order valence-corrected chi connectivity index (χ2v) is 7.43. The third-order valence-corrected chi connectivity index (χ3v) is 4.88. The zero-order valence-electron chi connectivity index (χ0n) is 17.6. The molecule has 4 rings (SSSR count). The summed E-state index contributed by atoms with van der Waals surface area (Å²) in [5.74, 6) is 1.16. The summed E-state index contributed by atoms with van der Waals surface area (Å²) in [5, 5.41) is 5.99. The lowest BCUT2D eigenvalue weighted by molar-refractivity contribution is -0.118. The highest BCUT2D eigenvalue weighted by Crippen LogP contribution is 2.31. The zero-order chi connectivity index (χ0) is 22.0. The molecule has 0 saturated heterocycles. The van der Waals surface area contributed by atoms with E-state index in [1.165, 1.54) is 0 Å². The maximum Gasteiger partial charge on any atom is 0.226 e. The van der Waals surface area contributed by atoms with E-state index in [9.17, 15) is 4.79 Å². The molecule has 3 N–H and O–H groups in total. The lowest BCUT2D eigenvalue weighted by Gasteiger charge is -2.13. The Labute approximate surface area is 179 Å². The monoisotopic (exact) mass is 413 g/mol. The molecule has 0 bridgehead atoms. The molecule has 0 fully saturated rings. The molecule has 0 spiro atoms. The summed E-state index contributed by atoms with van der Waals surface area (Å²) in [7, 11) is 1.81. The number of carbonyl (C=O) groups is 1. The minimum absolute atomic E-state index is 0.0592. The van der Waals surface area contributed by atoms with Crippen molar-refractivity contribution in [2.45, 2.75) is 13.8 Å². The Kier molecular flexibility index (Phi) is 5.44. The smallest absolute Gasteiger partial charge is 0.226 e. The van der Waals surface area contributed by atoms with Gasteiger partial charge in [-0.1, -0.05) is 20.4 Å². The number of aromatic amines is 1. The topological polar surface area (TPSA) is 108 Å². The summed E-state index contributed by atoms with van der Waals surface area (Å²) < 4.78 is 0. The van der Waals surface area contributed by atoms with Crippen LogP contribution in [0.5, 0.6) is 0 Å². The lowest BCUT2D eigenvalue weighted by atomic mass is 10.0. The molecule has 0 aliphatic carbocycles. The number of hydrogen-bond acceptors (Lipinski definition) is 6. The van der Waals surface area contributed by atoms with Gasteiger partial charge in [-0.05, 0) is 18.2 Å². The zero-order valence-corrected chi connectivity index (χ0v) is 17.6. The van der Waals surface area contributed by atoms with Gasteiger partial charge in [0.1, 0.15) is 11.6 Å². The summed E-state index contributed by atoms with van der Waals surface area (Å²) in [4.78, 5) is 32.9. The molecule has 4 aromatic rings. The van der Waals surface area contributed by atoms with Crippen molar-refractivity contribution in [2.75, 3.05) is 17.7 Å². The highest BCUT2D eigenvalue weighted by atomic mass is 16.1. The van der Waals surface area contributed by atoms with Gasteiger partial charge in [0.05, 0.1) is 29.1 Å². The number of aromatic nitrogens is 5. The van der Waals surface area contributed by atoms with Crippen LogP contribution in [0.15, 0.2) is 55.8 Å². The molecule has 8 heteroatoms. The Hall–Kier alpha value is -4.07. The maximum atomic E-state index is 12.0. The van der Waals surface area contributed by atoms with Crippen LogP contribution < -0.4 is 10.6 Å². The van der Waals surface area contributed by atoms with Crippen LogP contribution in [-0.4, -0.2) is 37.9 Å². The molecule has 0 saturated carbocycles. The fourth-order valence-electron chi connectivity index (χ4n) is 3.13. The van der Waals surface area contributed by atoms with E-state index in [1.807, 2.05) is 39.1 Å². The standard InChI is InChI=1S/C23H23N7O/c1-13(2)23(31)28-17-7-15(9-26-11-17)16-8-18(22(24-4)27-10-16)14(3)21-29-19-5-6-25-12-20(19)30-21/h5-13H,3H2,1-2,4H3,(H,24,27)(H,28,31)(H,29,30). The number of pyridine rings is 3. The summed E-state index contributed by atoms with van der Waals surface area (Å²) in [6.07, 6.45) is 8.56. The van der Waals surface area contributed by atoms with E-state index in [1.54, 1.807) is 31.0 Å². The largest absolute Gasteiger partial charge is 0.373 e. The van der Waals surface area contributed by atoms with Crippen LogP contribution in [0.25, 0.3) is 27.7 Å². The van der Waals surface area contributed by atoms with E-state index in [2.05, 4.69) is 42.1 Å². The van der Waals surface area contributed by atoms with Crippen molar-refractivity contribution in [3.8, 4) is 11.1 Å². The number of imidazole rings is 1. The Morgan fingerprint density at radius 1 is 1.10 bits per heavy atom. The van der Waals surface area contributed by atoms with Crippen LogP contribution in [0, 0.1) is 5.92 Å². The molecule has 0 aliphatic heterocycles. The molecular weight excluding hydrogens is 390 g/mol. The average molecular weight is 413 g/mol. The van der Waals surface area contributed by atoms with Crippen molar-refractivity contribution in [3.63, 3.8) is 0 Å². The van der Waals surface area contributed by atoms with Gasteiger partial charge in [0.2, 0.25) is 5.91 Å². The molecular formula is C23H23N7O. The quantitative estimate of drug-likeness (QED) is 0.439. The minimum Gasteiger partial charge on any atom is -0.373 e. The minimum atomic E-state index is -0.117. The van der Waals surface area contributed by atoms with Crippen LogP contribution in [-0.2, 0) is 4.79 Å². The molecule has 0 unspecified atom stereocenters. The summed E-state index contributed by atoms with van der Waals surface area (Å²) in [6, 6.07) is 5.71. The van der Waals surface area contributed by atoms with E-state index in [4.69, 9.17) is 0 Å². The number of nitrogens with zero attached hydrogens (tertiary/aromatic N) is 4. The third-order valence-electron chi connectivity index (χ3n) is 4.88. The van der Waals surface area contributed by atoms with E-state index in [-0.39, 0.29) is 11.8 Å². The first-order valence-electron chi connectivity index (χ1n) is 9.89. The van der Waals surface area contributed by atoms with Crippen molar-refractivity contribution in [1.82, 2.24) is 24.9 Å². The third kappa shape index (κ3) is 4.13. The van der Waals surface area contributed by atoms with Gasteiger partial charge in [-0.25, -0.2) is 9.97 Å². The highest BCUT2D eigenvalue weighted by Gasteiger charge is 2.15.